The van der Waals surface area contributed by atoms with Crippen LogP contribution in [-0.4, -0.2) is 24.5 Å². The van der Waals surface area contributed by atoms with Crippen LogP contribution in [0.5, 0.6) is 0 Å². The van der Waals surface area contributed by atoms with Crippen molar-refractivity contribution in [3.05, 3.63) is 37.4 Å². The largest absolute Gasteiger partial charge is 0.312 e. The third-order valence-corrected chi connectivity index (χ3v) is 2.03. The van der Waals surface area contributed by atoms with E-state index in [2.05, 4.69) is 9.97 Å². The summed E-state index contributed by atoms with van der Waals surface area (Å²) in [6, 6.07) is 0. The van der Waals surface area contributed by atoms with Crippen LogP contribution < -0.4 is 0 Å². The number of aromatic nitrogens is 4. The van der Waals surface area contributed by atoms with Gasteiger partial charge >= 0.3 is 0 Å². The minimum Gasteiger partial charge on any atom is -0.312 e. The minimum atomic E-state index is -0.0139. The van der Waals surface area contributed by atoms with E-state index in [1.54, 1.807) is 30.4 Å². The molecular formula is C8H8N4S. The average molecular weight is 192 g/mol. The van der Waals surface area contributed by atoms with Crippen LogP contribution in [0.4, 0.5) is 0 Å². The topological polar surface area (TPSA) is 35.6 Å². The lowest BCUT2D eigenvalue weighted by molar-refractivity contribution is 0.563. The predicted octanol–water partition coefficient (Wildman–Crippen LogP) is 1.13. The summed E-state index contributed by atoms with van der Waals surface area (Å²) in [5.41, 5.74) is 0. The standard InChI is InChI=1S/C8H8N4S/c13-5-8(11-3-1-9-6-11)12-4-2-10-7-12/h1-8H. The molecule has 2 rings (SSSR count). The smallest absolute Gasteiger partial charge is 0.141 e. The Labute approximate surface area is 80.9 Å². The highest BCUT2D eigenvalue weighted by Gasteiger charge is 2.06. The van der Waals surface area contributed by atoms with Gasteiger partial charge in [0.15, 0.2) is 0 Å². The van der Waals surface area contributed by atoms with Gasteiger partial charge in [0, 0.05) is 30.2 Å². The Morgan fingerprint density at radius 1 is 1.08 bits per heavy atom. The van der Waals surface area contributed by atoms with Gasteiger partial charge in [-0.15, -0.1) is 0 Å². The molecule has 0 aliphatic carbocycles. The maximum absolute atomic E-state index is 4.95. The zero-order valence-corrected chi connectivity index (χ0v) is 7.63. The van der Waals surface area contributed by atoms with E-state index in [0.29, 0.717) is 0 Å². The van der Waals surface area contributed by atoms with Crippen molar-refractivity contribution in [1.82, 2.24) is 19.1 Å². The molecule has 0 bridgehead atoms. The molecule has 0 saturated heterocycles. The molecule has 4 nitrogen and oxygen atoms in total. The zero-order valence-electron chi connectivity index (χ0n) is 6.82. The Morgan fingerprint density at radius 2 is 1.62 bits per heavy atom. The molecular weight excluding hydrogens is 184 g/mol. The second-order valence-electron chi connectivity index (χ2n) is 2.57. The molecule has 0 spiro atoms. The van der Waals surface area contributed by atoms with Crippen LogP contribution in [0.3, 0.4) is 0 Å². The van der Waals surface area contributed by atoms with Crippen molar-refractivity contribution in [2.24, 2.45) is 0 Å². The van der Waals surface area contributed by atoms with Crippen molar-refractivity contribution >= 4 is 17.6 Å². The second kappa shape index (κ2) is 3.49. The maximum Gasteiger partial charge on any atom is 0.141 e. The molecule has 0 fully saturated rings. The van der Waals surface area contributed by atoms with Crippen molar-refractivity contribution in [1.29, 1.82) is 0 Å². The van der Waals surface area contributed by atoms with Gasteiger partial charge in [-0.1, -0.05) is 12.2 Å². The van der Waals surface area contributed by atoms with Crippen LogP contribution in [0.25, 0.3) is 0 Å². The molecule has 2 aromatic heterocycles. The lowest BCUT2D eigenvalue weighted by Gasteiger charge is -2.13. The number of rotatable bonds is 3. The lowest BCUT2D eigenvalue weighted by atomic mass is 10.5. The van der Waals surface area contributed by atoms with E-state index in [1.165, 1.54) is 0 Å². The molecule has 66 valence electrons. The van der Waals surface area contributed by atoms with Crippen LogP contribution in [0.2, 0.25) is 0 Å². The zero-order chi connectivity index (χ0) is 9.10. The van der Waals surface area contributed by atoms with Gasteiger partial charge in [-0.05, 0) is 0 Å². The van der Waals surface area contributed by atoms with Gasteiger partial charge in [0.1, 0.15) is 6.17 Å². The average Bonchev–Trinajstić information content (AvgIpc) is 2.76. The minimum absolute atomic E-state index is 0.0139. The van der Waals surface area contributed by atoms with Crippen LogP contribution in [0.15, 0.2) is 37.4 Å². The first-order valence-corrected chi connectivity index (χ1v) is 4.29. The van der Waals surface area contributed by atoms with E-state index in [0.717, 1.165) is 0 Å². The van der Waals surface area contributed by atoms with E-state index >= 15 is 0 Å². The molecule has 0 unspecified atom stereocenters. The SMILES string of the molecule is S=CC(n1ccnc1)n1ccnc1. The summed E-state index contributed by atoms with van der Waals surface area (Å²) in [6.45, 7) is 0. The Bertz CT molecular complexity index is 331. The van der Waals surface area contributed by atoms with Crippen LogP contribution in [0.1, 0.15) is 6.17 Å². The maximum atomic E-state index is 4.95. The summed E-state index contributed by atoms with van der Waals surface area (Å²) < 4.78 is 3.82. The molecule has 0 aliphatic rings. The predicted molar refractivity (Wildman–Crippen MR) is 52.5 cm³/mol. The highest BCUT2D eigenvalue weighted by atomic mass is 32.1. The Kier molecular flexibility index (Phi) is 2.18. The molecule has 0 aromatic carbocycles. The number of nitrogens with zero attached hydrogens (tertiary/aromatic N) is 4. The van der Waals surface area contributed by atoms with Gasteiger partial charge in [-0.25, -0.2) is 9.97 Å². The van der Waals surface area contributed by atoms with Gasteiger partial charge in [0.05, 0.1) is 12.7 Å². The molecule has 2 heterocycles. The van der Waals surface area contributed by atoms with E-state index < -0.39 is 0 Å². The van der Waals surface area contributed by atoms with Crippen LogP contribution in [-0.2, 0) is 0 Å². The first kappa shape index (κ1) is 8.12. The second-order valence-corrected chi connectivity index (χ2v) is 2.84. The van der Waals surface area contributed by atoms with E-state index in [1.807, 2.05) is 21.5 Å². The molecule has 13 heavy (non-hydrogen) atoms. The van der Waals surface area contributed by atoms with Crippen molar-refractivity contribution in [3.8, 4) is 0 Å². The summed E-state index contributed by atoms with van der Waals surface area (Å²) in [6.07, 6.45) is 10.6. The van der Waals surface area contributed by atoms with Crippen molar-refractivity contribution < 1.29 is 0 Å². The van der Waals surface area contributed by atoms with Gasteiger partial charge in [0.25, 0.3) is 0 Å². The fraction of sp³-hybridized carbons (Fsp3) is 0.125. The molecule has 0 saturated carbocycles. The van der Waals surface area contributed by atoms with Gasteiger partial charge in [0.2, 0.25) is 0 Å². The van der Waals surface area contributed by atoms with E-state index in [4.69, 9.17) is 12.2 Å². The number of hydrogen-bond donors (Lipinski definition) is 0. The molecule has 0 aliphatic heterocycles. The highest BCUT2D eigenvalue weighted by Crippen LogP contribution is 2.06. The van der Waals surface area contributed by atoms with Crippen LogP contribution >= 0.6 is 12.2 Å². The quantitative estimate of drug-likeness (QED) is 0.684. The normalized spacial score (nSPS) is 10.5. The van der Waals surface area contributed by atoms with Gasteiger partial charge < -0.3 is 9.13 Å². The monoisotopic (exact) mass is 192 g/mol. The highest BCUT2D eigenvalue weighted by molar-refractivity contribution is 7.79. The molecule has 2 aromatic rings. The van der Waals surface area contributed by atoms with Crippen LogP contribution in [0, 0.1) is 0 Å². The Hall–Kier alpha value is -1.49. The molecule has 5 heteroatoms. The fourth-order valence-corrected chi connectivity index (χ4v) is 1.43. The van der Waals surface area contributed by atoms with Crippen molar-refractivity contribution in [2.75, 3.05) is 0 Å². The number of hydrogen-bond acceptors (Lipinski definition) is 3. The molecule has 0 amide bonds. The molecule has 0 atom stereocenters. The van der Waals surface area contributed by atoms with E-state index in [-0.39, 0.29) is 6.17 Å². The third-order valence-electron chi connectivity index (χ3n) is 1.78. The summed E-state index contributed by atoms with van der Waals surface area (Å²) in [4.78, 5) is 7.93. The summed E-state index contributed by atoms with van der Waals surface area (Å²) >= 11 is 4.95. The summed E-state index contributed by atoms with van der Waals surface area (Å²) in [5.74, 6) is 0. The molecule has 0 N–H and O–H groups in total. The fourth-order valence-electron chi connectivity index (χ4n) is 1.15. The first-order valence-electron chi connectivity index (χ1n) is 3.82. The summed E-state index contributed by atoms with van der Waals surface area (Å²) in [7, 11) is 0. The van der Waals surface area contributed by atoms with Crippen molar-refractivity contribution in [2.45, 2.75) is 6.17 Å². The van der Waals surface area contributed by atoms with Crippen molar-refractivity contribution in [3.63, 3.8) is 0 Å². The number of imidazole rings is 2. The Morgan fingerprint density at radius 3 is 1.92 bits per heavy atom. The third kappa shape index (κ3) is 1.50. The number of thiocarbonyl (C=S) groups is 1. The lowest BCUT2D eigenvalue weighted by Crippen LogP contribution is -2.15. The first-order chi connectivity index (χ1) is 6.42. The van der Waals surface area contributed by atoms with Gasteiger partial charge in [-0.3, -0.25) is 0 Å². The molecule has 0 radical (unpaired) electrons. The summed E-state index contributed by atoms with van der Waals surface area (Å²) in [5, 5.41) is 1.67. The van der Waals surface area contributed by atoms with E-state index in [9.17, 15) is 0 Å². The van der Waals surface area contributed by atoms with Gasteiger partial charge in [-0.2, -0.15) is 0 Å². The Balaban J connectivity index is 2.35.